The highest BCUT2D eigenvalue weighted by molar-refractivity contribution is 6.31. The summed E-state index contributed by atoms with van der Waals surface area (Å²) in [6.07, 6.45) is 0.613. The Kier molecular flexibility index (Phi) is 3.78. The van der Waals surface area contributed by atoms with Gasteiger partial charge in [-0.15, -0.1) is 0 Å². The third-order valence-corrected chi connectivity index (χ3v) is 2.80. The third kappa shape index (κ3) is 2.02. The van der Waals surface area contributed by atoms with Crippen molar-refractivity contribution in [2.75, 3.05) is 13.7 Å². The van der Waals surface area contributed by atoms with Crippen molar-refractivity contribution in [3.05, 3.63) is 27.8 Å². The van der Waals surface area contributed by atoms with Crippen molar-refractivity contribution in [2.45, 2.75) is 20.3 Å². The summed E-state index contributed by atoms with van der Waals surface area (Å²) in [5.74, 6) is 0.820. The van der Waals surface area contributed by atoms with E-state index in [1.165, 1.54) is 0 Å². The standard InChI is InChI=1S/C11H15ClO2/c1-7-9(4-5-13)6-10(12)8(2)11(7)14-3/h6,13H,4-5H2,1-3H3. The summed E-state index contributed by atoms with van der Waals surface area (Å²) in [5.41, 5.74) is 3.05. The molecule has 14 heavy (non-hydrogen) atoms. The molecule has 1 aromatic carbocycles. The lowest BCUT2D eigenvalue weighted by Crippen LogP contribution is -1.99. The summed E-state index contributed by atoms with van der Waals surface area (Å²) in [5, 5.41) is 9.57. The van der Waals surface area contributed by atoms with E-state index in [-0.39, 0.29) is 6.61 Å². The van der Waals surface area contributed by atoms with Crippen LogP contribution in [0.5, 0.6) is 5.75 Å². The van der Waals surface area contributed by atoms with E-state index in [0.717, 1.165) is 22.4 Å². The summed E-state index contributed by atoms with van der Waals surface area (Å²) in [7, 11) is 1.63. The van der Waals surface area contributed by atoms with Gasteiger partial charge in [0.25, 0.3) is 0 Å². The predicted molar refractivity (Wildman–Crippen MR) is 58.3 cm³/mol. The van der Waals surface area contributed by atoms with E-state index in [1.54, 1.807) is 7.11 Å². The molecule has 0 aromatic heterocycles. The molecular weight excluding hydrogens is 200 g/mol. The normalized spacial score (nSPS) is 10.4. The van der Waals surface area contributed by atoms with Crippen LogP contribution in [0.15, 0.2) is 6.07 Å². The molecular formula is C11H15ClO2. The maximum atomic E-state index is 8.88. The van der Waals surface area contributed by atoms with Crippen molar-refractivity contribution in [2.24, 2.45) is 0 Å². The van der Waals surface area contributed by atoms with Crippen molar-refractivity contribution < 1.29 is 9.84 Å². The summed E-state index contributed by atoms with van der Waals surface area (Å²) >= 11 is 6.04. The minimum absolute atomic E-state index is 0.128. The highest BCUT2D eigenvalue weighted by atomic mass is 35.5. The van der Waals surface area contributed by atoms with Gasteiger partial charge < -0.3 is 9.84 Å². The monoisotopic (exact) mass is 214 g/mol. The Balaban J connectivity index is 3.27. The molecule has 0 aliphatic rings. The molecule has 0 fully saturated rings. The minimum Gasteiger partial charge on any atom is -0.496 e. The van der Waals surface area contributed by atoms with Crippen molar-refractivity contribution >= 4 is 11.6 Å². The van der Waals surface area contributed by atoms with E-state index in [2.05, 4.69) is 0 Å². The van der Waals surface area contributed by atoms with E-state index in [9.17, 15) is 0 Å². The van der Waals surface area contributed by atoms with E-state index < -0.39 is 0 Å². The fraction of sp³-hybridized carbons (Fsp3) is 0.455. The van der Waals surface area contributed by atoms with Gasteiger partial charge in [-0.25, -0.2) is 0 Å². The molecule has 0 saturated heterocycles. The van der Waals surface area contributed by atoms with Gasteiger partial charge in [-0.3, -0.25) is 0 Å². The Morgan fingerprint density at radius 1 is 1.36 bits per heavy atom. The maximum absolute atomic E-state index is 8.88. The summed E-state index contributed by atoms with van der Waals surface area (Å²) in [4.78, 5) is 0. The van der Waals surface area contributed by atoms with Crippen LogP contribution in [0.3, 0.4) is 0 Å². The second kappa shape index (κ2) is 4.67. The number of aliphatic hydroxyl groups excluding tert-OH is 1. The smallest absolute Gasteiger partial charge is 0.126 e. The zero-order valence-corrected chi connectivity index (χ0v) is 9.48. The molecule has 78 valence electrons. The van der Waals surface area contributed by atoms with Crippen molar-refractivity contribution in [3.8, 4) is 5.75 Å². The average molecular weight is 215 g/mol. The van der Waals surface area contributed by atoms with Crippen LogP contribution in [0.2, 0.25) is 5.02 Å². The molecule has 2 nitrogen and oxygen atoms in total. The first kappa shape index (κ1) is 11.3. The van der Waals surface area contributed by atoms with Gasteiger partial charge in [-0.2, -0.15) is 0 Å². The second-order valence-corrected chi connectivity index (χ2v) is 3.68. The third-order valence-electron chi connectivity index (χ3n) is 2.41. The number of ether oxygens (including phenoxy) is 1. The van der Waals surface area contributed by atoms with Crippen molar-refractivity contribution in [1.82, 2.24) is 0 Å². The Hall–Kier alpha value is -0.730. The van der Waals surface area contributed by atoms with Crippen LogP contribution < -0.4 is 4.74 Å². The van der Waals surface area contributed by atoms with Crippen LogP contribution in [-0.2, 0) is 6.42 Å². The zero-order chi connectivity index (χ0) is 10.7. The van der Waals surface area contributed by atoms with Crippen molar-refractivity contribution in [3.63, 3.8) is 0 Å². The van der Waals surface area contributed by atoms with Crippen LogP contribution in [0.4, 0.5) is 0 Å². The Bertz CT molecular complexity index is 335. The summed E-state index contributed by atoms with van der Waals surface area (Å²) < 4.78 is 5.28. The summed E-state index contributed by atoms with van der Waals surface area (Å²) in [6.45, 7) is 4.04. The molecule has 1 rings (SSSR count). The highest BCUT2D eigenvalue weighted by Gasteiger charge is 2.11. The largest absolute Gasteiger partial charge is 0.496 e. The predicted octanol–water partition coefficient (Wildman–Crippen LogP) is 2.50. The number of benzene rings is 1. The van der Waals surface area contributed by atoms with E-state index in [0.29, 0.717) is 11.4 Å². The first-order valence-corrected chi connectivity index (χ1v) is 4.93. The van der Waals surface area contributed by atoms with Gasteiger partial charge in [0, 0.05) is 17.2 Å². The quantitative estimate of drug-likeness (QED) is 0.838. The van der Waals surface area contributed by atoms with Crippen LogP contribution in [-0.4, -0.2) is 18.8 Å². The molecule has 1 aromatic rings. The number of hydrogen-bond acceptors (Lipinski definition) is 2. The number of hydrogen-bond donors (Lipinski definition) is 1. The van der Waals surface area contributed by atoms with Gasteiger partial charge in [0.15, 0.2) is 0 Å². The van der Waals surface area contributed by atoms with Crippen LogP contribution in [0, 0.1) is 13.8 Å². The zero-order valence-electron chi connectivity index (χ0n) is 8.72. The molecule has 0 radical (unpaired) electrons. The van der Waals surface area contributed by atoms with E-state index >= 15 is 0 Å². The Labute approximate surface area is 89.5 Å². The lowest BCUT2D eigenvalue weighted by atomic mass is 10.0. The number of aliphatic hydroxyl groups is 1. The van der Waals surface area contributed by atoms with Gasteiger partial charge in [-0.05, 0) is 37.5 Å². The van der Waals surface area contributed by atoms with Gasteiger partial charge in [0.05, 0.1) is 7.11 Å². The maximum Gasteiger partial charge on any atom is 0.126 e. The molecule has 0 spiro atoms. The number of halogens is 1. The highest BCUT2D eigenvalue weighted by Crippen LogP contribution is 2.32. The molecule has 0 amide bonds. The molecule has 0 atom stereocenters. The Morgan fingerprint density at radius 3 is 2.50 bits per heavy atom. The molecule has 0 aliphatic carbocycles. The SMILES string of the molecule is COc1c(C)c(Cl)cc(CCO)c1C. The minimum atomic E-state index is 0.128. The fourth-order valence-electron chi connectivity index (χ4n) is 1.59. The van der Waals surface area contributed by atoms with Gasteiger partial charge in [0.1, 0.15) is 5.75 Å². The fourth-order valence-corrected chi connectivity index (χ4v) is 1.81. The first-order chi connectivity index (χ1) is 6.61. The first-order valence-electron chi connectivity index (χ1n) is 4.55. The molecule has 0 heterocycles. The summed E-state index contributed by atoms with van der Waals surface area (Å²) in [6, 6.07) is 1.89. The topological polar surface area (TPSA) is 29.5 Å². The van der Waals surface area contributed by atoms with E-state index in [4.69, 9.17) is 21.4 Å². The van der Waals surface area contributed by atoms with Crippen LogP contribution in [0.25, 0.3) is 0 Å². The van der Waals surface area contributed by atoms with Crippen LogP contribution in [0.1, 0.15) is 16.7 Å². The molecule has 0 bridgehead atoms. The van der Waals surface area contributed by atoms with Gasteiger partial charge in [0.2, 0.25) is 0 Å². The lowest BCUT2D eigenvalue weighted by Gasteiger charge is -2.14. The number of methoxy groups -OCH3 is 1. The Morgan fingerprint density at radius 2 is 2.00 bits per heavy atom. The van der Waals surface area contributed by atoms with Crippen LogP contribution >= 0.6 is 11.6 Å². The van der Waals surface area contributed by atoms with Crippen molar-refractivity contribution in [1.29, 1.82) is 0 Å². The van der Waals surface area contributed by atoms with Gasteiger partial charge >= 0.3 is 0 Å². The lowest BCUT2D eigenvalue weighted by molar-refractivity contribution is 0.299. The molecule has 3 heteroatoms. The second-order valence-electron chi connectivity index (χ2n) is 3.27. The molecule has 0 saturated carbocycles. The molecule has 0 unspecified atom stereocenters. The van der Waals surface area contributed by atoms with E-state index in [1.807, 2.05) is 19.9 Å². The molecule has 1 N–H and O–H groups in total. The average Bonchev–Trinajstić information content (AvgIpc) is 2.16. The number of rotatable bonds is 3. The molecule has 0 aliphatic heterocycles. The van der Waals surface area contributed by atoms with Gasteiger partial charge in [-0.1, -0.05) is 11.6 Å².